The number of benzene rings is 2. The van der Waals surface area contributed by atoms with Gasteiger partial charge in [0.05, 0.1) is 19.8 Å². The number of ether oxygens (including phenoxy) is 3. The summed E-state index contributed by atoms with van der Waals surface area (Å²) in [6, 6.07) is 17.5. The third-order valence-corrected chi connectivity index (χ3v) is 4.65. The van der Waals surface area contributed by atoms with Crippen molar-refractivity contribution in [3.8, 4) is 0 Å². The zero-order valence-electron chi connectivity index (χ0n) is 14.7. The number of hydrogen-bond acceptors (Lipinski definition) is 5. The molecule has 0 radical (unpaired) electrons. The normalized spacial score (nSPS) is 22.2. The second-order valence-corrected chi connectivity index (χ2v) is 6.84. The highest BCUT2D eigenvalue weighted by Crippen LogP contribution is 2.36. The summed E-state index contributed by atoms with van der Waals surface area (Å²) >= 11 is 6.03. The summed E-state index contributed by atoms with van der Waals surface area (Å²) in [5, 5.41) is 4.85. The van der Waals surface area contributed by atoms with Gasteiger partial charge in [0.2, 0.25) is 5.79 Å². The Bertz CT molecular complexity index is 841. The van der Waals surface area contributed by atoms with Gasteiger partial charge in [-0.2, -0.15) is 5.10 Å². The molecule has 0 spiro atoms. The van der Waals surface area contributed by atoms with Crippen LogP contribution in [-0.2, 0) is 33.1 Å². The number of rotatable bonds is 7. The summed E-state index contributed by atoms with van der Waals surface area (Å²) in [7, 11) is 0. The third-order valence-electron chi connectivity index (χ3n) is 4.40. The molecule has 2 aromatic carbocycles. The average Bonchev–Trinajstić information content (AvgIpc) is 3.34. The molecule has 1 fully saturated rings. The standard InChI is InChI=1S/C20H20ClN3O3/c21-18-8-6-17(7-9-18)20(13-24-15-22-14-23-24)26-12-19(27-20)11-25-10-16-4-2-1-3-5-16/h1-9,14-15,19H,10-13H2/t19-,20-/m0/s1. The first-order valence-corrected chi connectivity index (χ1v) is 9.13. The molecule has 1 saturated heterocycles. The molecule has 1 aliphatic rings. The maximum atomic E-state index is 6.31. The lowest BCUT2D eigenvalue weighted by atomic mass is 10.1. The van der Waals surface area contributed by atoms with E-state index in [4.69, 9.17) is 25.8 Å². The van der Waals surface area contributed by atoms with E-state index >= 15 is 0 Å². The van der Waals surface area contributed by atoms with Gasteiger partial charge in [-0.05, 0) is 17.7 Å². The van der Waals surface area contributed by atoms with Crippen molar-refractivity contribution in [2.24, 2.45) is 0 Å². The minimum absolute atomic E-state index is 0.173. The van der Waals surface area contributed by atoms with Gasteiger partial charge in [-0.15, -0.1) is 0 Å². The molecule has 7 heteroatoms. The summed E-state index contributed by atoms with van der Waals surface area (Å²) in [5.41, 5.74) is 2.01. The second-order valence-electron chi connectivity index (χ2n) is 6.40. The van der Waals surface area contributed by atoms with Crippen LogP contribution in [0.3, 0.4) is 0 Å². The smallest absolute Gasteiger partial charge is 0.215 e. The Labute approximate surface area is 162 Å². The molecule has 6 nitrogen and oxygen atoms in total. The molecule has 0 N–H and O–H groups in total. The van der Waals surface area contributed by atoms with Gasteiger partial charge >= 0.3 is 0 Å². The summed E-state index contributed by atoms with van der Waals surface area (Å²) < 4.78 is 20.0. The van der Waals surface area contributed by atoms with Crippen LogP contribution in [0.4, 0.5) is 0 Å². The van der Waals surface area contributed by atoms with Crippen molar-refractivity contribution in [3.05, 3.63) is 83.4 Å². The Morgan fingerprint density at radius 3 is 2.70 bits per heavy atom. The zero-order valence-corrected chi connectivity index (χ0v) is 15.5. The van der Waals surface area contributed by atoms with Crippen LogP contribution < -0.4 is 0 Å². The molecule has 1 aromatic heterocycles. The lowest BCUT2D eigenvalue weighted by Crippen LogP contribution is -2.34. The van der Waals surface area contributed by atoms with Gasteiger partial charge in [-0.3, -0.25) is 0 Å². The van der Waals surface area contributed by atoms with Crippen LogP contribution in [0.1, 0.15) is 11.1 Å². The van der Waals surface area contributed by atoms with Gasteiger partial charge in [0.15, 0.2) is 0 Å². The first-order chi connectivity index (χ1) is 13.2. The minimum atomic E-state index is -0.945. The first kappa shape index (κ1) is 18.1. The number of hydrogen-bond donors (Lipinski definition) is 0. The highest BCUT2D eigenvalue weighted by molar-refractivity contribution is 6.30. The van der Waals surface area contributed by atoms with E-state index in [1.807, 2.05) is 54.6 Å². The van der Waals surface area contributed by atoms with E-state index in [0.29, 0.717) is 31.4 Å². The fraction of sp³-hybridized carbons (Fsp3) is 0.300. The van der Waals surface area contributed by atoms with Crippen molar-refractivity contribution in [2.75, 3.05) is 13.2 Å². The third kappa shape index (κ3) is 4.36. The Balaban J connectivity index is 1.44. The quantitative estimate of drug-likeness (QED) is 0.623. The van der Waals surface area contributed by atoms with Crippen LogP contribution in [0.2, 0.25) is 5.02 Å². The summed E-state index contributed by atoms with van der Waals surface area (Å²) in [5.74, 6) is -0.945. The van der Waals surface area contributed by atoms with E-state index in [0.717, 1.165) is 11.1 Å². The molecule has 0 unspecified atom stereocenters. The van der Waals surface area contributed by atoms with Gasteiger partial charge in [-0.1, -0.05) is 54.1 Å². The van der Waals surface area contributed by atoms with Crippen LogP contribution in [0.15, 0.2) is 67.3 Å². The van der Waals surface area contributed by atoms with E-state index in [1.165, 1.54) is 6.33 Å². The molecule has 2 heterocycles. The van der Waals surface area contributed by atoms with Crippen LogP contribution in [0, 0.1) is 0 Å². The molecular weight excluding hydrogens is 366 g/mol. The van der Waals surface area contributed by atoms with Crippen LogP contribution in [0.5, 0.6) is 0 Å². The zero-order chi connectivity index (χ0) is 18.5. The summed E-state index contributed by atoms with van der Waals surface area (Å²) in [6.45, 7) is 1.81. The van der Waals surface area contributed by atoms with E-state index in [1.54, 1.807) is 11.0 Å². The monoisotopic (exact) mass is 385 g/mol. The first-order valence-electron chi connectivity index (χ1n) is 8.75. The fourth-order valence-corrected chi connectivity index (χ4v) is 3.21. The van der Waals surface area contributed by atoms with Crippen LogP contribution in [-0.4, -0.2) is 34.1 Å². The van der Waals surface area contributed by atoms with E-state index in [9.17, 15) is 0 Å². The maximum absolute atomic E-state index is 6.31. The number of halogens is 1. The highest BCUT2D eigenvalue weighted by Gasteiger charge is 2.44. The van der Waals surface area contributed by atoms with Crippen molar-refractivity contribution in [2.45, 2.75) is 25.0 Å². The van der Waals surface area contributed by atoms with E-state index < -0.39 is 5.79 Å². The van der Waals surface area contributed by atoms with Gasteiger partial charge in [-0.25, -0.2) is 9.67 Å². The molecule has 3 aromatic rings. The van der Waals surface area contributed by atoms with Crippen molar-refractivity contribution in [3.63, 3.8) is 0 Å². The Morgan fingerprint density at radius 2 is 1.96 bits per heavy atom. The van der Waals surface area contributed by atoms with E-state index in [-0.39, 0.29) is 6.10 Å². The Morgan fingerprint density at radius 1 is 1.15 bits per heavy atom. The largest absolute Gasteiger partial charge is 0.374 e. The molecule has 27 heavy (non-hydrogen) atoms. The Kier molecular flexibility index (Phi) is 5.50. The molecule has 0 bridgehead atoms. The van der Waals surface area contributed by atoms with Crippen molar-refractivity contribution in [1.82, 2.24) is 14.8 Å². The number of nitrogens with zero attached hydrogens (tertiary/aromatic N) is 3. The maximum Gasteiger partial charge on any atom is 0.215 e. The lowest BCUT2D eigenvalue weighted by Gasteiger charge is -2.28. The van der Waals surface area contributed by atoms with Gasteiger partial charge < -0.3 is 14.2 Å². The average molecular weight is 386 g/mol. The summed E-state index contributed by atoms with van der Waals surface area (Å²) in [4.78, 5) is 4.00. The van der Waals surface area contributed by atoms with Crippen LogP contribution >= 0.6 is 11.6 Å². The predicted octanol–water partition coefficient (Wildman–Crippen LogP) is 3.42. The molecule has 0 amide bonds. The highest BCUT2D eigenvalue weighted by atomic mass is 35.5. The van der Waals surface area contributed by atoms with Crippen molar-refractivity contribution < 1.29 is 14.2 Å². The number of aromatic nitrogens is 3. The van der Waals surface area contributed by atoms with Crippen LogP contribution in [0.25, 0.3) is 0 Å². The van der Waals surface area contributed by atoms with Crippen molar-refractivity contribution >= 4 is 11.6 Å². The molecular formula is C20H20ClN3O3. The topological polar surface area (TPSA) is 58.4 Å². The molecule has 0 saturated carbocycles. The Hall–Kier alpha value is -2.25. The molecule has 1 aliphatic heterocycles. The van der Waals surface area contributed by atoms with Gasteiger partial charge in [0.1, 0.15) is 25.3 Å². The molecule has 140 valence electrons. The molecule has 0 aliphatic carbocycles. The van der Waals surface area contributed by atoms with Gasteiger partial charge in [0, 0.05) is 10.6 Å². The SMILES string of the molecule is Clc1ccc([C@@]2(Cn3cncn3)OC[C@H](COCc3ccccc3)O2)cc1. The van der Waals surface area contributed by atoms with Crippen molar-refractivity contribution in [1.29, 1.82) is 0 Å². The molecule has 2 atom stereocenters. The van der Waals surface area contributed by atoms with Gasteiger partial charge in [0.25, 0.3) is 0 Å². The lowest BCUT2D eigenvalue weighted by molar-refractivity contribution is -0.193. The van der Waals surface area contributed by atoms with E-state index in [2.05, 4.69) is 10.1 Å². The molecule has 4 rings (SSSR count). The fourth-order valence-electron chi connectivity index (χ4n) is 3.09. The predicted molar refractivity (Wildman–Crippen MR) is 100 cm³/mol. The minimum Gasteiger partial charge on any atom is -0.374 e. The second kappa shape index (κ2) is 8.19. The summed E-state index contributed by atoms with van der Waals surface area (Å²) in [6.07, 6.45) is 2.96.